The van der Waals surface area contributed by atoms with Crippen molar-refractivity contribution in [2.24, 2.45) is 0 Å². The van der Waals surface area contributed by atoms with Crippen LogP contribution in [0.5, 0.6) is 5.88 Å². The van der Waals surface area contributed by atoms with Crippen LogP contribution in [0.3, 0.4) is 0 Å². The van der Waals surface area contributed by atoms with Crippen LogP contribution in [0.2, 0.25) is 0 Å². The number of nitrogens with one attached hydrogen (secondary N) is 3. The minimum Gasteiger partial charge on any atom is -0.481 e. The lowest BCUT2D eigenvalue weighted by Crippen LogP contribution is -2.23. The third kappa shape index (κ3) is 2.90. The van der Waals surface area contributed by atoms with E-state index in [1.165, 1.54) is 0 Å². The fourth-order valence-electron chi connectivity index (χ4n) is 2.92. The number of carbonyl (C=O) groups is 1. The van der Waals surface area contributed by atoms with Crippen molar-refractivity contribution in [1.82, 2.24) is 20.3 Å². The zero-order valence-electron chi connectivity index (χ0n) is 14.0. The zero-order valence-corrected chi connectivity index (χ0v) is 14.0. The van der Waals surface area contributed by atoms with Gasteiger partial charge in [0.25, 0.3) is 5.91 Å². The molecule has 0 atom stereocenters. The van der Waals surface area contributed by atoms with Crippen LogP contribution in [0.25, 0.3) is 21.9 Å². The summed E-state index contributed by atoms with van der Waals surface area (Å²) in [4.78, 5) is 33.5. The monoisotopic (exact) mass is 348 g/mol. The number of aromatic nitrogens is 3. The second kappa shape index (κ2) is 6.36. The number of imidazole rings is 1. The van der Waals surface area contributed by atoms with Gasteiger partial charge in [0.05, 0.1) is 23.7 Å². The number of hydrogen-bond donors (Lipinski definition) is 3. The number of pyridine rings is 1. The molecule has 0 bridgehead atoms. The quantitative estimate of drug-likeness (QED) is 0.527. The van der Waals surface area contributed by atoms with E-state index in [-0.39, 0.29) is 11.6 Å². The van der Waals surface area contributed by atoms with Crippen LogP contribution in [0, 0.1) is 0 Å². The second-order valence-electron chi connectivity index (χ2n) is 5.86. The van der Waals surface area contributed by atoms with Gasteiger partial charge in [0.15, 0.2) is 0 Å². The summed E-state index contributed by atoms with van der Waals surface area (Å²) in [5.41, 5.74) is 3.15. The fourth-order valence-corrected chi connectivity index (χ4v) is 2.92. The molecule has 7 nitrogen and oxygen atoms in total. The molecule has 2 aromatic carbocycles. The summed E-state index contributed by atoms with van der Waals surface area (Å²) in [6.07, 6.45) is 0. The number of fused-ring (bicyclic) bond motifs is 2. The predicted molar refractivity (Wildman–Crippen MR) is 98.4 cm³/mol. The number of hydrogen-bond acceptors (Lipinski definition) is 4. The van der Waals surface area contributed by atoms with Crippen molar-refractivity contribution in [3.63, 3.8) is 0 Å². The van der Waals surface area contributed by atoms with Crippen molar-refractivity contribution < 1.29 is 9.53 Å². The van der Waals surface area contributed by atoms with Gasteiger partial charge in [0.1, 0.15) is 0 Å². The molecule has 4 aromatic rings. The van der Waals surface area contributed by atoms with Gasteiger partial charge in [-0.15, -0.1) is 0 Å². The molecule has 130 valence electrons. The first-order chi connectivity index (χ1) is 12.6. The summed E-state index contributed by atoms with van der Waals surface area (Å²) < 4.78 is 5.24. The molecule has 0 fully saturated rings. The van der Waals surface area contributed by atoms with Gasteiger partial charge in [-0.3, -0.25) is 4.79 Å². The highest BCUT2D eigenvalue weighted by Crippen LogP contribution is 2.22. The van der Waals surface area contributed by atoms with Gasteiger partial charge in [-0.25, -0.2) is 9.78 Å². The Bertz CT molecular complexity index is 1180. The maximum absolute atomic E-state index is 12.5. The molecular weight excluding hydrogens is 332 g/mol. The van der Waals surface area contributed by atoms with Crippen LogP contribution in [0.4, 0.5) is 0 Å². The topological polar surface area (TPSA) is 99.9 Å². The van der Waals surface area contributed by atoms with Crippen molar-refractivity contribution in [2.75, 3.05) is 7.11 Å². The average molecular weight is 348 g/mol. The van der Waals surface area contributed by atoms with E-state index in [0.29, 0.717) is 29.0 Å². The molecule has 0 saturated carbocycles. The molecule has 0 aliphatic carbocycles. The predicted octanol–water partition coefficient (Wildman–Crippen LogP) is 2.34. The highest BCUT2D eigenvalue weighted by atomic mass is 16.5. The molecule has 1 amide bonds. The third-order valence-electron chi connectivity index (χ3n) is 4.21. The summed E-state index contributed by atoms with van der Waals surface area (Å²) in [6, 6.07) is 14.5. The van der Waals surface area contributed by atoms with E-state index in [1.807, 2.05) is 30.3 Å². The van der Waals surface area contributed by atoms with Gasteiger partial charge in [-0.1, -0.05) is 18.2 Å². The number of amides is 1. The van der Waals surface area contributed by atoms with Gasteiger partial charge >= 0.3 is 5.69 Å². The Hall–Kier alpha value is -3.61. The van der Waals surface area contributed by atoms with Crippen LogP contribution in [-0.2, 0) is 6.54 Å². The first-order valence-corrected chi connectivity index (χ1v) is 8.07. The van der Waals surface area contributed by atoms with Crippen LogP contribution in [-0.4, -0.2) is 28.0 Å². The maximum Gasteiger partial charge on any atom is 0.323 e. The van der Waals surface area contributed by atoms with Gasteiger partial charge in [0.2, 0.25) is 5.88 Å². The standard InChI is InChI=1S/C19H16N4O3/c1-26-17-9-12(13-4-2-3-5-14(13)21-17)10-20-18(24)11-6-7-15-16(8-11)23-19(25)22-15/h2-9H,10H2,1H3,(H,20,24)(H2,22,23,25). The molecule has 0 saturated heterocycles. The van der Waals surface area contributed by atoms with E-state index in [9.17, 15) is 9.59 Å². The normalized spacial score (nSPS) is 11.0. The summed E-state index contributed by atoms with van der Waals surface area (Å²) >= 11 is 0. The van der Waals surface area contributed by atoms with Gasteiger partial charge in [-0.05, 0) is 29.8 Å². The minimum absolute atomic E-state index is 0.228. The first kappa shape index (κ1) is 15.9. The first-order valence-electron chi connectivity index (χ1n) is 8.07. The Balaban J connectivity index is 1.60. The SMILES string of the molecule is COc1cc(CNC(=O)c2ccc3[nH]c(=O)[nH]c3c2)c2ccccc2n1. The van der Waals surface area contributed by atoms with E-state index in [1.54, 1.807) is 25.3 Å². The van der Waals surface area contributed by atoms with Crippen LogP contribution < -0.4 is 15.7 Å². The highest BCUT2D eigenvalue weighted by molar-refractivity contribution is 5.97. The Labute approximate surface area is 148 Å². The molecule has 0 spiro atoms. The van der Waals surface area contributed by atoms with E-state index in [2.05, 4.69) is 20.3 Å². The average Bonchev–Trinajstić information content (AvgIpc) is 3.04. The van der Waals surface area contributed by atoms with Gasteiger partial charge < -0.3 is 20.0 Å². The van der Waals surface area contributed by atoms with Crippen molar-refractivity contribution in [3.8, 4) is 5.88 Å². The minimum atomic E-state index is -0.298. The molecule has 2 aromatic heterocycles. The molecule has 2 heterocycles. The van der Waals surface area contributed by atoms with Crippen molar-refractivity contribution in [3.05, 3.63) is 70.1 Å². The number of nitrogens with zero attached hydrogens (tertiary/aromatic N) is 1. The van der Waals surface area contributed by atoms with E-state index < -0.39 is 0 Å². The number of methoxy groups -OCH3 is 1. The van der Waals surface area contributed by atoms with Gasteiger partial charge in [0, 0.05) is 23.6 Å². The number of ether oxygens (including phenoxy) is 1. The summed E-state index contributed by atoms with van der Waals surface area (Å²) in [6.45, 7) is 0.333. The summed E-state index contributed by atoms with van der Waals surface area (Å²) in [5, 5.41) is 3.86. The van der Waals surface area contributed by atoms with Crippen LogP contribution in [0.1, 0.15) is 15.9 Å². The largest absolute Gasteiger partial charge is 0.481 e. The Morgan fingerprint density at radius 3 is 2.77 bits per heavy atom. The maximum atomic E-state index is 12.5. The molecule has 3 N–H and O–H groups in total. The number of para-hydroxylation sites is 1. The Kier molecular flexibility index (Phi) is 3.89. The Morgan fingerprint density at radius 1 is 1.12 bits per heavy atom. The molecule has 0 aliphatic heterocycles. The third-order valence-corrected chi connectivity index (χ3v) is 4.21. The van der Waals surface area contributed by atoms with Crippen molar-refractivity contribution in [2.45, 2.75) is 6.54 Å². The fraction of sp³-hybridized carbons (Fsp3) is 0.105. The van der Waals surface area contributed by atoms with Crippen LogP contribution >= 0.6 is 0 Å². The number of rotatable bonds is 4. The molecule has 4 rings (SSSR count). The molecular formula is C19H16N4O3. The lowest BCUT2D eigenvalue weighted by molar-refractivity contribution is 0.0951. The molecule has 26 heavy (non-hydrogen) atoms. The number of aromatic amines is 2. The van der Waals surface area contributed by atoms with E-state index in [4.69, 9.17) is 4.74 Å². The number of H-pyrrole nitrogens is 2. The summed E-state index contributed by atoms with van der Waals surface area (Å²) in [5.74, 6) is 0.271. The van der Waals surface area contributed by atoms with Crippen molar-refractivity contribution in [1.29, 1.82) is 0 Å². The highest BCUT2D eigenvalue weighted by Gasteiger charge is 2.10. The summed E-state index contributed by atoms with van der Waals surface area (Å²) in [7, 11) is 1.56. The Morgan fingerprint density at radius 2 is 1.92 bits per heavy atom. The van der Waals surface area contributed by atoms with Crippen molar-refractivity contribution >= 4 is 27.8 Å². The van der Waals surface area contributed by atoms with E-state index in [0.717, 1.165) is 16.5 Å². The second-order valence-corrected chi connectivity index (χ2v) is 5.86. The molecule has 0 radical (unpaired) electrons. The van der Waals surface area contributed by atoms with Gasteiger partial charge in [-0.2, -0.15) is 0 Å². The molecule has 0 aliphatic rings. The molecule has 7 heteroatoms. The van der Waals surface area contributed by atoms with Crippen LogP contribution in [0.15, 0.2) is 53.3 Å². The number of benzene rings is 2. The zero-order chi connectivity index (χ0) is 18.1. The lowest BCUT2D eigenvalue weighted by Gasteiger charge is -2.10. The van der Waals surface area contributed by atoms with E-state index >= 15 is 0 Å². The molecule has 0 unspecified atom stereocenters. The smallest absolute Gasteiger partial charge is 0.323 e. The lowest BCUT2D eigenvalue weighted by atomic mass is 10.1. The number of carbonyl (C=O) groups excluding carboxylic acids is 1.